The number of aliphatic imine (C=N–C) groups is 1. The zero-order chi connectivity index (χ0) is 21.6. The fourth-order valence-electron chi connectivity index (χ4n) is 2.73. The third-order valence-corrected chi connectivity index (χ3v) is 5.35. The van der Waals surface area contributed by atoms with Crippen molar-refractivity contribution < 1.29 is 9.47 Å². The van der Waals surface area contributed by atoms with Crippen LogP contribution < -0.4 is 15.4 Å². The van der Waals surface area contributed by atoms with E-state index in [0.29, 0.717) is 13.2 Å². The van der Waals surface area contributed by atoms with Crippen molar-refractivity contribution in [1.29, 1.82) is 0 Å². The Bertz CT molecular complexity index is 772. The Morgan fingerprint density at radius 1 is 1.23 bits per heavy atom. The molecule has 0 bridgehead atoms. The second-order valence-electron chi connectivity index (χ2n) is 7.03. The number of aryl methyl sites for hydroxylation is 1. The van der Waals surface area contributed by atoms with Crippen molar-refractivity contribution in [3.8, 4) is 5.75 Å². The first-order chi connectivity index (χ1) is 14.6. The number of ether oxygens (including phenoxy) is 2. The van der Waals surface area contributed by atoms with Gasteiger partial charge in [0, 0.05) is 50.8 Å². The summed E-state index contributed by atoms with van der Waals surface area (Å²) in [4.78, 5) is 12.5. The van der Waals surface area contributed by atoms with Gasteiger partial charge in [-0.3, -0.25) is 0 Å². The lowest BCUT2D eigenvalue weighted by molar-refractivity contribution is 0.150. The van der Waals surface area contributed by atoms with Crippen molar-refractivity contribution in [2.45, 2.75) is 26.8 Å². The molecule has 0 aliphatic rings. The second-order valence-corrected chi connectivity index (χ2v) is 8.35. The average Bonchev–Trinajstić information content (AvgIpc) is 3.16. The molecular weight excluding hydrogens is 525 g/mol. The maximum Gasteiger partial charge on any atom is 0.191 e. The van der Waals surface area contributed by atoms with Gasteiger partial charge in [0.1, 0.15) is 12.4 Å². The predicted octanol–water partition coefficient (Wildman–Crippen LogP) is 3.32. The largest absolute Gasteiger partial charge is 0.492 e. The first-order valence-electron chi connectivity index (χ1n) is 10.4. The van der Waals surface area contributed by atoms with Crippen LogP contribution >= 0.6 is 35.3 Å². The number of likely N-dealkylation sites (N-methyl/N-ethyl adjacent to an activating group) is 1. The van der Waals surface area contributed by atoms with E-state index in [9.17, 15) is 0 Å². The number of nitrogens with zero attached hydrogens (tertiary/aromatic N) is 3. The van der Waals surface area contributed by atoms with Gasteiger partial charge in [0.05, 0.1) is 18.2 Å². The van der Waals surface area contributed by atoms with Crippen LogP contribution in [0, 0.1) is 6.92 Å². The Morgan fingerprint density at radius 3 is 2.74 bits per heavy atom. The van der Waals surface area contributed by atoms with E-state index in [-0.39, 0.29) is 24.0 Å². The molecule has 2 aromatic rings. The van der Waals surface area contributed by atoms with Gasteiger partial charge in [-0.15, -0.1) is 35.3 Å². The second kappa shape index (κ2) is 16.2. The zero-order valence-corrected chi connectivity index (χ0v) is 22.2. The van der Waals surface area contributed by atoms with Crippen LogP contribution in [0.3, 0.4) is 0 Å². The average molecular weight is 562 g/mol. The molecule has 1 aromatic carbocycles. The molecule has 0 aliphatic heterocycles. The molecule has 9 heteroatoms. The Kier molecular flexibility index (Phi) is 14.5. The molecular formula is C22H36IN5O2S. The van der Waals surface area contributed by atoms with Crippen LogP contribution in [-0.4, -0.2) is 69.4 Å². The molecule has 0 amide bonds. The molecule has 31 heavy (non-hydrogen) atoms. The number of benzene rings is 1. The van der Waals surface area contributed by atoms with E-state index < -0.39 is 0 Å². The summed E-state index contributed by atoms with van der Waals surface area (Å²) >= 11 is 1.74. The highest BCUT2D eigenvalue weighted by Gasteiger charge is 2.03. The fraction of sp³-hybridized carbons (Fsp3) is 0.545. The summed E-state index contributed by atoms with van der Waals surface area (Å²) in [5, 5.41) is 7.83. The van der Waals surface area contributed by atoms with Crippen molar-refractivity contribution in [3.05, 3.63) is 45.9 Å². The van der Waals surface area contributed by atoms with Crippen molar-refractivity contribution in [3.63, 3.8) is 0 Å². The van der Waals surface area contributed by atoms with E-state index in [1.807, 2.05) is 18.3 Å². The van der Waals surface area contributed by atoms with Crippen LogP contribution in [0.5, 0.6) is 5.75 Å². The van der Waals surface area contributed by atoms with Crippen LogP contribution in [0.2, 0.25) is 0 Å². The lowest BCUT2D eigenvalue weighted by atomic mass is 10.2. The highest BCUT2D eigenvalue weighted by atomic mass is 127. The Balaban J connectivity index is 0.00000480. The quantitative estimate of drug-likeness (QED) is 0.222. The number of thiazole rings is 1. The van der Waals surface area contributed by atoms with Crippen LogP contribution in [0.4, 0.5) is 0 Å². The summed E-state index contributed by atoms with van der Waals surface area (Å²) in [5.74, 6) is 1.69. The topological polar surface area (TPSA) is 71.0 Å². The van der Waals surface area contributed by atoms with Gasteiger partial charge in [0.15, 0.2) is 5.96 Å². The maximum absolute atomic E-state index is 5.90. The molecule has 0 unspecified atom stereocenters. The number of nitrogens with one attached hydrogen (secondary N) is 2. The third kappa shape index (κ3) is 11.7. The van der Waals surface area contributed by atoms with E-state index in [0.717, 1.165) is 61.5 Å². The molecule has 0 spiro atoms. The number of hydrogen-bond donors (Lipinski definition) is 2. The summed E-state index contributed by atoms with van der Waals surface area (Å²) in [6.45, 7) is 9.51. The summed E-state index contributed by atoms with van der Waals surface area (Å²) < 4.78 is 11.0. The minimum Gasteiger partial charge on any atom is -0.492 e. The Labute approximate surface area is 207 Å². The minimum atomic E-state index is 0. The lowest BCUT2D eigenvalue weighted by Gasteiger charge is -2.16. The standard InChI is InChI=1S/C22H35N5O2S.HI/c1-5-23-22(24-10-9-21-25-16-18(2)30-21)26-17-19-7-6-8-20(15-19)29-14-12-27(3)11-13-28-4;/h6-8,15-16H,5,9-14,17H2,1-4H3,(H2,23,24,26);1H. The molecule has 7 nitrogen and oxygen atoms in total. The Morgan fingerprint density at radius 2 is 2.03 bits per heavy atom. The van der Waals surface area contributed by atoms with E-state index in [1.54, 1.807) is 18.4 Å². The number of hydrogen-bond acceptors (Lipinski definition) is 6. The smallest absolute Gasteiger partial charge is 0.191 e. The molecule has 2 N–H and O–H groups in total. The SMILES string of the molecule is CCNC(=NCc1cccc(OCCN(C)CCOC)c1)NCCc1ncc(C)s1.I. The van der Waals surface area contributed by atoms with Crippen LogP contribution in [-0.2, 0) is 17.7 Å². The summed E-state index contributed by atoms with van der Waals surface area (Å²) in [6.07, 6.45) is 2.82. The molecule has 0 atom stereocenters. The molecule has 0 saturated carbocycles. The van der Waals surface area contributed by atoms with Crippen LogP contribution in [0.25, 0.3) is 0 Å². The van der Waals surface area contributed by atoms with Crippen molar-refractivity contribution in [2.24, 2.45) is 4.99 Å². The third-order valence-electron chi connectivity index (χ3n) is 4.38. The minimum absolute atomic E-state index is 0. The van der Waals surface area contributed by atoms with Crippen molar-refractivity contribution in [1.82, 2.24) is 20.5 Å². The van der Waals surface area contributed by atoms with Gasteiger partial charge in [-0.05, 0) is 38.6 Å². The predicted molar refractivity (Wildman–Crippen MR) is 140 cm³/mol. The number of halogens is 1. The van der Waals surface area contributed by atoms with E-state index in [2.05, 4.69) is 53.5 Å². The summed E-state index contributed by atoms with van der Waals surface area (Å²) in [6, 6.07) is 8.13. The molecule has 2 rings (SSSR count). The highest BCUT2D eigenvalue weighted by molar-refractivity contribution is 14.0. The first kappa shape index (κ1) is 27.6. The van der Waals surface area contributed by atoms with Gasteiger partial charge in [-0.1, -0.05) is 12.1 Å². The summed E-state index contributed by atoms with van der Waals surface area (Å²) in [5.41, 5.74) is 1.12. The number of rotatable bonds is 13. The fourth-order valence-corrected chi connectivity index (χ4v) is 3.52. The Hall–Kier alpha value is -1.43. The zero-order valence-electron chi connectivity index (χ0n) is 19.0. The lowest BCUT2D eigenvalue weighted by Crippen LogP contribution is -2.38. The number of methoxy groups -OCH3 is 1. The number of aromatic nitrogens is 1. The van der Waals surface area contributed by atoms with E-state index in [4.69, 9.17) is 14.5 Å². The van der Waals surface area contributed by atoms with Gasteiger partial charge in [-0.25, -0.2) is 9.98 Å². The molecule has 1 heterocycles. The normalized spacial score (nSPS) is 11.3. The molecule has 1 aromatic heterocycles. The van der Waals surface area contributed by atoms with Gasteiger partial charge < -0.3 is 25.0 Å². The molecule has 0 fully saturated rings. The molecule has 0 aliphatic carbocycles. The molecule has 174 valence electrons. The molecule has 0 saturated heterocycles. The maximum atomic E-state index is 5.90. The van der Waals surface area contributed by atoms with Crippen molar-refractivity contribution in [2.75, 3.05) is 53.6 Å². The van der Waals surface area contributed by atoms with Crippen molar-refractivity contribution >= 4 is 41.3 Å². The molecule has 0 radical (unpaired) electrons. The van der Waals surface area contributed by atoms with Gasteiger partial charge >= 0.3 is 0 Å². The monoisotopic (exact) mass is 561 g/mol. The van der Waals surface area contributed by atoms with Gasteiger partial charge in [0.25, 0.3) is 0 Å². The summed E-state index contributed by atoms with van der Waals surface area (Å²) in [7, 11) is 3.79. The van der Waals surface area contributed by atoms with Crippen LogP contribution in [0.1, 0.15) is 22.4 Å². The highest BCUT2D eigenvalue weighted by Crippen LogP contribution is 2.14. The van der Waals surface area contributed by atoms with Gasteiger partial charge in [0.2, 0.25) is 0 Å². The van der Waals surface area contributed by atoms with Crippen LogP contribution in [0.15, 0.2) is 35.5 Å². The van der Waals surface area contributed by atoms with E-state index >= 15 is 0 Å². The van der Waals surface area contributed by atoms with E-state index in [1.165, 1.54) is 4.88 Å². The first-order valence-corrected chi connectivity index (χ1v) is 11.2. The van der Waals surface area contributed by atoms with Gasteiger partial charge in [-0.2, -0.15) is 0 Å². The number of guanidine groups is 1.